The Morgan fingerprint density at radius 1 is 1.17 bits per heavy atom. The van der Waals surface area contributed by atoms with Gasteiger partial charge in [0, 0.05) is 50.6 Å². The number of rotatable bonds is 5. The van der Waals surface area contributed by atoms with Crippen LogP contribution in [0.5, 0.6) is 0 Å². The molecule has 6 nitrogen and oxygen atoms in total. The van der Waals surface area contributed by atoms with Crippen molar-refractivity contribution in [3.05, 3.63) is 58.9 Å². The summed E-state index contributed by atoms with van der Waals surface area (Å²) in [7, 11) is 3.42. The molecule has 2 heterocycles. The zero-order valence-electron chi connectivity index (χ0n) is 17.5. The van der Waals surface area contributed by atoms with E-state index in [4.69, 9.17) is 11.6 Å². The molecule has 29 heavy (non-hydrogen) atoms. The van der Waals surface area contributed by atoms with Crippen LogP contribution in [0.15, 0.2) is 42.6 Å². The normalized spacial score (nSPS) is 15.9. The second kappa shape index (κ2) is 8.91. The summed E-state index contributed by atoms with van der Waals surface area (Å²) in [4.78, 5) is 31.0. The third-order valence-electron chi connectivity index (χ3n) is 5.09. The van der Waals surface area contributed by atoms with Gasteiger partial charge < -0.3 is 19.3 Å². The number of aromatic nitrogens is 1. The Hall–Kier alpha value is -2.47. The molecular weight excluding hydrogens is 388 g/mol. The SMILES string of the molecule is CC(C)CN(CC(=O)N1CCn2cccc2[C@@H]1c1cccc(Cl)c1)C(=O)N(C)C. The summed E-state index contributed by atoms with van der Waals surface area (Å²) in [6.07, 6.45) is 2.04. The van der Waals surface area contributed by atoms with Crippen LogP contribution in [0.3, 0.4) is 0 Å². The number of urea groups is 1. The van der Waals surface area contributed by atoms with Crippen molar-refractivity contribution in [2.24, 2.45) is 5.92 Å². The highest BCUT2D eigenvalue weighted by Gasteiger charge is 2.33. The zero-order chi connectivity index (χ0) is 21.1. The van der Waals surface area contributed by atoms with Gasteiger partial charge in [0.2, 0.25) is 5.91 Å². The molecule has 0 unspecified atom stereocenters. The van der Waals surface area contributed by atoms with Crippen LogP contribution in [0.25, 0.3) is 0 Å². The van der Waals surface area contributed by atoms with Crippen molar-refractivity contribution in [2.75, 3.05) is 33.7 Å². The van der Waals surface area contributed by atoms with Gasteiger partial charge in [-0.25, -0.2) is 4.79 Å². The maximum absolute atomic E-state index is 13.4. The first-order valence-electron chi connectivity index (χ1n) is 9.94. The number of benzene rings is 1. The molecule has 1 aromatic heterocycles. The average Bonchev–Trinajstić information content (AvgIpc) is 3.14. The number of hydrogen-bond donors (Lipinski definition) is 0. The molecule has 0 N–H and O–H groups in total. The standard InChI is InChI=1S/C22H29ClN4O2/c1-16(2)14-26(22(29)24(3)4)15-20(28)27-12-11-25-10-6-9-19(25)21(27)17-7-5-8-18(23)13-17/h5-10,13,16,21H,11-12,14-15H2,1-4H3/t21-/m0/s1. The number of carbonyl (C=O) groups excluding carboxylic acids is 2. The molecule has 0 saturated heterocycles. The molecule has 1 aliphatic rings. The first-order valence-corrected chi connectivity index (χ1v) is 10.3. The Morgan fingerprint density at radius 3 is 2.59 bits per heavy atom. The van der Waals surface area contributed by atoms with Crippen LogP contribution in [-0.2, 0) is 11.3 Å². The summed E-state index contributed by atoms with van der Waals surface area (Å²) >= 11 is 6.24. The Labute approximate surface area is 177 Å². The van der Waals surface area contributed by atoms with Gasteiger partial charge in [0.05, 0.1) is 6.04 Å². The molecule has 3 rings (SSSR count). The van der Waals surface area contributed by atoms with E-state index in [-0.39, 0.29) is 30.4 Å². The minimum absolute atomic E-state index is 0.0572. The minimum Gasteiger partial charge on any atom is -0.348 e. The number of carbonyl (C=O) groups is 2. The fourth-order valence-corrected chi connectivity index (χ4v) is 4.07. The summed E-state index contributed by atoms with van der Waals surface area (Å²) in [6, 6.07) is 11.3. The highest BCUT2D eigenvalue weighted by molar-refractivity contribution is 6.30. The summed E-state index contributed by atoms with van der Waals surface area (Å²) in [6.45, 7) is 6.01. The maximum Gasteiger partial charge on any atom is 0.319 e. The molecule has 3 amide bonds. The van der Waals surface area contributed by atoms with Gasteiger partial charge in [-0.05, 0) is 35.7 Å². The van der Waals surface area contributed by atoms with Crippen molar-refractivity contribution in [3.63, 3.8) is 0 Å². The van der Waals surface area contributed by atoms with Gasteiger partial charge in [-0.1, -0.05) is 37.6 Å². The van der Waals surface area contributed by atoms with E-state index in [0.717, 1.165) is 17.8 Å². The molecule has 0 fully saturated rings. The van der Waals surface area contributed by atoms with Crippen molar-refractivity contribution in [2.45, 2.75) is 26.4 Å². The molecule has 0 saturated carbocycles. The third kappa shape index (κ3) is 4.75. The highest BCUT2D eigenvalue weighted by Crippen LogP contribution is 2.33. The van der Waals surface area contributed by atoms with Crippen molar-refractivity contribution in [1.29, 1.82) is 0 Å². The van der Waals surface area contributed by atoms with E-state index in [2.05, 4.69) is 4.57 Å². The van der Waals surface area contributed by atoms with Gasteiger partial charge in [-0.15, -0.1) is 0 Å². The van der Waals surface area contributed by atoms with Crippen LogP contribution in [-0.4, -0.2) is 64.9 Å². The number of hydrogen-bond acceptors (Lipinski definition) is 2. The van der Waals surface area contributed by atoms with Gasteiger partial charge in [0.15, 0.2) is 0 Å². The summed E-state index contributed by atoms with van der Waals surface area (Å²) in [5.41, 5.74) is 2.03. The van der Waals surface area contributed by atoms with Crippen LogP contribution in [0.4, 0.5) is 4.79 Å². The number of amides is 3. The Kier molecular flexibility index (Phi) is 6.52. The lowest BCUT2D eigenvalue weighted by Gasteiger charge is -2.39. The lowest BCUT2D eigenvalue weighted by molar-refractivity contribution is -0.134. The maximum atomic E-state index is 13.4. The van der Waals surface area contributed by atoms with Gasteiger partial charge in [-0.2, -0.15) is 0 Å². The molecule has 0 aliphatic carbocycles. The van der Waals surface area contributed by atoms with E-state index in [1.54, 1.807) is 19.0 Å². The Balaban J connectivity index is 1.90. The molecule has 1 atom stereocenters. The minimum atomic E-state index is -0.222. The van der Waals surface area contributed by atoms with Crippen LogP contribution in [0, 0.1) is 5.92 Å². The molecule has 0 bridgehead atoms. The van der Waals surface area contributed by atoms with Crippen LogP contribution in [0.2, 0.25) is 5.02 Å². The van der Waals surface area contributed by atoms with E-state index < -0.39 is 0 Å². The predicted octanol–water partition coefficient (Wildman–Crippen LogP) is 3.71. The average molecular weight is 417 g/mol. The number of nitrogens with zero attached hydrogens (tertiary/aromatic N) is 4. The van der Waals surface area contributed by atoms with Gasteiger partial charge in [0.25, 0.3) is 0 Å². The molecule has 0 radical (unpaired) electrons. The van der Waals surface area contributed by atoms with Crippen molar-refractivity contribution in [1.82, 2.24) is 19.3 Å². The highest BCUT2D eigenvalue weighted by atomic mass is 35.5. The van der Waals surface area contributed by atoms with E-state index in [9.17, 15) is 9.59 Å². The fourth-order valence-electron chi connectivity index (χ4n) is 3.87. The topological polar surface area (TPSA) is 48.8 Å². The lowest BCUT2D eigenvalue weighted by Crippen LogP contribution is -2.50. The summed E-state index contributed by atoms with van der Waals surface area (Å²) in [5, 5.41) is 0.641. The number of halogens is 1. The third-order valence-corrected chi connectivity index (χ3v) is 5.32. The van der Waals surface area contributed by atoms with Gasteiger partial charge in [0.1, 0.15) is 6.54 Å². The van der Waals surface area contributed by atoms with E-state index >= 15 is 0 Å². The first-order chi connectivity index (χ1) is 13.8. The van der Waals surface area contributed by atoms with E-state index in [1.165, 1.54) is 4.90 Å². The second-order valence-corrected chi connectivity index (χ2v) is 8.56. The quantitative estimate of drug-likeness (QED) is 0.745. The number of fused-ring (bicyclic) bond motifs is 1. The van der Waals surface area contributed by atoms with Gasteiger partial charge in [-0.3, -0.25) is 4.79 Å². The van der Waals surface area contributed by atoms with Crippen LogP contribution < -0.4 is 0 Å². The summed E-state index contributed by atoms with van der Waals surface area (Å²) in [5.74, 6) is 0.215. The molecule has 2 aromatic rings. The Morgan fingerprint density at radius 2 is 1.93 bits per heavy atom. The van der Waals surface area contributed by atoms with Crippen LogP contribution >= 0.6 is 11.6 Å². The molecule has 1 aliphatic heterocycles. The molecular formula is C22H29ClN4O2. The lowest BCUT2D eigenvalue weighted by atomic mass is 9.99. The Bertz CT molecular complexity index is 877. The predicted molar refractivity (Wildman–Crippen MR) is 115 cm³/mol. The molecule has 7 heteroatoms. The zero-order valence-corrected chi connectivity index (χ0v) is 18.3. The molecule has 0 spiro atoms. The first kappa shape index (κ1) is 21.2. The van der Waals surface area contributed by atoms with E-state index in [0.29, 0.717) is 18.1 Å². The smallest absolute Gasteiger partial charge is 0.319 e. The monoisotopic (exact) mass is 416 g/mol. The van der Waals surface area contributed by atoms with Gasteiger partial charge >= 0.3 is 6.03 Å². The van der Waals surface area contributed by atoms with E-state index in [1.807, 2.05) is 61.3 Å². The molecule has 156 valence electrons. The molecule has 1 aromatic carbocycles. The van der Waals surface area contributed by atoms with Crippen molar-refractivity contribution < 1.29 is 9.59 Å². The summed E-state index contributed by atoms with van der Waals surface area (Å²) < 4.78 is 2.17. The van der Waals surface area contributed by atoms with Crippen LogP contribution in [0.1, 0.15) is 31.1 Å². The fraction of sp³-hybridized carbons (Fsp3) is 0.455. The van der Waals surface area contributed by atoms with Crippen molar-refractivity contribution >= 4 is 23.5 Å². The largest absolute Gasteiger partial charge is 0.348 e. The second-order valence-electron chi connectivity index (χ2n) is 8.12. The van der Waals surface area contributed by atoms with Crippen molar-refractivity contribution in [3.8, 4) is 0 Å².